The summed E-state index contributed by atoms with van der Waals surface area (Å²) >= 11 is 0. The molecule has 1 saturated heterocycles. The summed E-state index contributed by atoms with van der Waals surface area (Å²) in [7, 11) is 0. The number of Topliss-reactive ketones (excluding diaryl/α,β-unsaturated/α-hetero) is 1. The topological polar surface area (TPSA) is 50.8 Å². The van der Waals surface area contributed by atoms with E-state index in [1.54, 1.807) is 0 Å². The van der Waals surface area contributed by atoms with E-state index in [0.29, 0.717) is 12.3 Å². The predicted molar refractivity (Wildman–Crippen MR) is 115 cm³/mol. The van der Waals surface area contributed by atoms with Gasteiger partial charge in [0.25, 0.3) is 0 Å². The molecule has 2 fully saturated rings. The fourth-order valence-corrected chi connectivity index (χ4v) is 5.96. The van der Waals surface area contributed by atoms with Crippen molar-refractivity contribution in [1.82, 2.24) is 5.32 Å². The number of para-hydroxylation sites is 2. The number of hydrogen-bond donors (Lipinski definition) is 1. The second kappa shape index (κ2) is 7.02. The molecule has 0 bridgehead atoms. The number of piperidine rings is 1. The summed E-state index contributed by atoms with van der Waals surface area (Å²) in [6.45, 7) is 2.87. The lowest BCUT2D eigenvalue weighted by Crippen LogP contribution is -2.56. The number of rotatable bonds is 4. The molecule has 5 heteroatoms. The third-order valence-corrected chi connectivity index (χ3v) is 7.68. The van der Waals surface area contributed by atoms with Gasteiger partial charge in [-0.2, -0.15) is 0 Å². The van der Waals surface area contributed by atoms with Crippen LogP contribution < -0.4 is 19.7 Å². The number of carbonyl (C=O) groups is 1. The van der Waals surface area contributed by atoms with Gasteiger partial charge in [-0.1, -0.05) is 36.8 Å². The molecule has 1 saturated carbocycles. The lowest BCUT2D eigenvalue weighted by molar-refractivity contribution is -0.128. The van der Waals surface area contributed by atoms with Crippen LogP contribution in [0.25, 0.3) is 0 Å². The number of nitrogens with zero attached hydrogens (tertiary/aromatic N) is 1. The SMILES string of the molecule is O=C(C1CCC1)C1N(Cc2cccc3c2OCO3)c2ccccc2C12CCNCC2. The van der Waals surface area contributed by atoms with Crippen LogP contribution in [0.15, 0.2) is 42.5 Å². The van der Waals surface area contributed by atoms with Crippen LogP contribution in [0.4, 0.5) is 5.69 Å². The first-order valence-electron chi connectivity index (χ1n) is 11.3. The average Bonchev–Trinajstić information content (AvgIpc) is 3.31. The van der Waals surface area contributed by atoms with Crippen molar-refractivity contribution >= 4 is 11.5 Å². The van der Waals surface area contributed by atoms with Crippen molar-refractivity contribution in [3.8, 4) is 11.5 Å². The second-order valence-corrected chi connectivity index (χ2v) is 9.13. The number of ketones is 1. The molecular weight excluding hydrogens is 376 g/mol. The van der Waals surface area contributed by atoms with E-state index < -0.39 is 0 Å². The van der Waals surface area contributed by atoms with Crippen molar-refractivity contribution < 1.29 is 14.3 Å². The molecule has 0 radical (unpaired) electrons. The van der Waals surface area contributed by atoms with Crippen molar-refractivity contribution in [2.24, 2.45) is 5.92 Å². The molecule has 4 aliphatic rings. The molecule has 2 aromatic carbocycles. The van der Waals surface area contributed by atoms with Gasteiger partial charge in [-0.15, -0.1) is 0 Å². The number of ether oxygens (including phenoxy) is 2. The van der Waals surface area contributed by atoms with Gasteiger partial charge in [-0.25, -0.2) is 0 Å². The van der Waals surface area contributed by atoms with E-state index in [4.69, 9.17) is 9.47 Å². The number of fused-ring (bicyclic) bond motifs is 3. The molecule has 0 amide bonds. The van der Waals surface area contributed by atoms with E-state index in [1.807, 2.05) is 12.1 Å². The molecule has 1 aliphatic carbocycles. The normalized spacial score (nSPS) is 24.0. The summed E-state index contributed by atoms with van der Waals surface area (Å²) < 4.78 is 11.4. The lowest BCUT2D eigenvalue weighted by Gasteiger charge is -2.43. The highest BCUT2D eigenvalue weighted by atomic mass is 16.7. The summed E-state index contributed by atoms with van der Waals surface area (Å²) in [5, 5.41) is 3.52. The van der Waals surface area contributed by atoms with Gasteiger partial charge in [-0.05, 0) is 56.5 Å². The Hall–Kier alpha value is -2.53. The van der Waals surface area contributed by atoms with Crippen LogP contribution >= 0.6 is 0 Å². The van der Waals surface area contributed by atoms with Gasteiger partial charge in [0.15, 0.2) is 17.3 Å². The highest BCUT2D eigenvalue weighted by molar-refractivity contribution is 5.94. The zero-order valence-electron chi connectivity index (χ0n) is 17.2. The van der Waals surface area contributed by atoms with Gasteiger partial charge >= 0.3 is 0 Å². The Morgan fingerprint density at radius 1 is 1.07 bits per heavy atom. The maximum Gasteiger partial charge on any atom is 0.231 e. The Balaban J connectivity index is 1.46. The minimum atomic E-state index is -0.0968. The monoisotopic (exact) mass is 404 g/mol. The molecule has 1 unspecified atom stereocenters. The molecule has 6 rings (SSSR count). The fourth-order valence-electron chi connectivity index (χ4n) is 5.96. The van der Waals surface area contributed by atoms with Crippen molar-refractivity contribution in [2.75, 3.05) is 24.8 Å². The largest absolute Gasteiger partial charge is 0.454 e. The molecule has 3 aliphatic heterocycles. The second-order valence-electron chi connectivity index (χ2n) is 9.13. The molecule has 0 aromatic heterocycles. The van der Waals surface area contributed by atoms with Crippen LogP contribution in [-0.4, -0.2) is 31.7 Å². The quantitative estimate of drug-likeness (QED) is 0.840. The number of nitrogens with one attached hydrogen (secondary N) is 1. The Bertz CT molecular complexity index is 978. The zero-order valence-corrected chi connectivity index (χ0v) is 17.2. The maximum absolute atomic E-state index is 13.9. The third-order valence-electron chi connectivity index (χ3n) is 7.68. The van der Waals surface area contributed by atoms with E-state index in [9.17, 15) is 4.79 Å². The maximum atomic E-state index is 13.9. The van der Waals surface area contributed by atoms with Crippen molar-refractivity contribution in [3.63, 3.8) is 0 Å². The molecule has 30 heavy (non-hydrogen) atoms. The summed E-state index contributed by atoms with van der Waals surface area (Å²) in [5.74, 6) is 2.30. The van der Waals surface area contributed by atoms with Gasteiger partial charge in [0.05, 0.1) is 6.04 Å². The van der Waals surface area contributed by atoms with Crippen molar-refractivity contribution in [1.29, 1.82) is 0 Å². The molecule has 1 spiro atoms. The molecule has 2 aromatic rings. The number of hydrogen-bond acceptors (Lipinski definition) is 5. The van der Waals surface area contributed by atoms with Crippen LogP contribution in [0.5, 0.6) is 11.5 Å². The Labute approximate surface area is 177 Å². The summed E-state index contributed by atoms with van der Waals surface area (Å²) in [5.41, 5.74) is 3.57. The van der Waals surface area contributed by atoms with Crippen LogP contribution in [0, 0.1) is 5.92 Å². The first-order valence-corrected chi connectivity index (χ1v) is 11.3. The first kappa shape index (κ1) is 18.3. The predicted octanol–water partition coefficient (Wildman–Crippen LogP) is 3.79. The lowest BCUT2D eigenvalue weighted by atomic mass is 9.65. The minimum absolute atomic E-state index is 0.0934. The van der Waals surface area contributed by atoms with Crippen LogP contribution in [0.2, 0.25) is 0 Å². The van der Waals surface area contributed by atoms with Crippen LogP contribution in [-0.2, 0) is 16.8 Å². The molecule has 5 nitrogen and oxygen atoms in total. The first-order chi connectivity index (χ1) is 14.8. The standard InChI is InChI=1S/C25H28N2O3/c28-22(17-5-3-6-17)24-25(11-13-26-14-12-25)19-8-1-2-9-20(19)27(24)15-18-7-4-10-21-23(18)30-16-29-21/h1-2,4,7-10,17,24,26H,3,5-6,11-16H2. The summed E-state index contributed by atoms with van der Waals surface area (Å²) in [6, 6.07) is 14.7. The Kier molecular flexibility index (Phi) is 4.27. The average molecular weight is 405 g/mol. The van der Waals surface area contributed by atoms with Gasteiger partial charge in [0.2, 0.25) is 6.79 Å². The van der Waals surface area contributed by atoms with Crippen LogP contribution in [0.1, 0.15) is 43.2 Å². The van der Waals surface area contributed by atoms with Crippen molar-refractivity contribution in [2.45, 2.75) is 50.1 Å². The highest BCUT2D eigenvalue weighted by Gasteiger charge is 2.55. The fraction of sp³-hybridized carbons (Fsp3) is 0.480. The number of carbonyl (C=O) groups excluding carboxylic acids is 1. The summed E-state index contributed by atoms with van der Waals surface area (Å²) in [4.78, 5) is 16.3. The third kappa shape index (κ3) is 2.61. The summed E-state index contributed by atoms with van der Waals surface area (Å²) in [6.07, 6.45) is 5.30. The number of benzene rings is 2. The van der Waals surface area contributed by atoms with E-state index in [2.05, 4.69) is 40.5 Å². The van der Waals surface area contributed by atoms with E-state index >= 15 is 0 Å². The smallest absolute Gasteiger partial charge is 0.231 e. The van der Waals surface area contributed by atoms with Gasteiger partial charge in [0, 0.05) is 29.1 Å². The highest BCUT2D eigenvalue weighted by Crippen LogP contribution is 2.53. The minimum Gasteiger partial charge on any atom is -0.454 e. The molecular formula is C25H28N2O3. The molecule has 1 atom stereocenters. The molecule has 1 N–H and O–H groups in total. The van der Waals surface area contributed by atoms with Gasteiger partial charge in [-0.3, -0.25) is 4.79 Å². The molecule has 3 heterocycles. The van der Waals surface area contributed by atoms with Gasteiger partial charge in [0.1, 0.15) is 0 Å². The van der Waals surface area contributed by atoms with E-state index in [-0.39, 0.29) is 24.2 Å². The zero-order chi connectivity index (χ0) is 20.1. The Morgan fingerprint density at radius 2 is 1.90 bits per heavy atom. The van der Waals surface area contributed by atoms with E-state index in [0.717, 1.165) is 55.8 Å². The van der Waals surface area contributed by atoms with Crippen LogP contribution in [0.3, 0.4) is 0 Å². The van der Waals surface area contributed by atoms with Crippen molar-refractivity contribution in [3.05, 3.63) is 53.6 Å². The van der Waals surface area contributed by atoms with Gasteiger partial charge < -0.3 is 19.7 Å². The number of anilines is 1. The van der Waals surface area contributed by atoms with E-state index in [1.165, 1.54) is 17.7 Å². The molecule has 156 valence electrons. The Morgan fingerprint density at radius 3 is 2.70 bits per heavy atom.